The number of nitrogens with one attached hydrogen (secondary N) is 1. The lowest BCUT2D eigenvalue weighted by Gasteiger charge is -2.39. The Kier molecular flexibility index (Phi) is 4.68. The Morgan fingerprint density at radius 2 is 1.83 bits per heavy atom. The first-order valence-electron chi connectivity index (χ1n) is 7.60. The Morgan fingerprint density at radius 3 is 2.33 bits per heavy atom. The van der Waals surface area contributed by atoms with Gasteiger partial charge in [0.15, 0.2) is 0 Å². The molecule has 0 aromatic rings. The minimum absolute atomic E-state index is 0.326. The molecule has 3 unspecified atom stereocenters. The largest absolute Gasteiger partial charge is 0.372 e. The van der Waals surface area contributed by atoms with E-state index in [1.807, 2.05) is 0 Å². The van der Waals surface area contributed by atoms with Crippen molar-refractivity contribution in [3.63, 3.8) is 0 Å². The summed E-state index contributed by atoms with van der Waals surface area (Å²) in [6.45, 7) is 13.8. The molecule has 0 aliphatic carbocycles. The molecule has 2 rings (SSSR count). The molecule has 3 heteroatoms. The van der Waals surface area contributed by atoms with Crippen LogP contribution in [-0.4, -0.2) is 49.3 Å². The normalized spacial score (nSPS) is 30.7. The fourth-order valence-electron chi connectivity index (χ4n) is 3.07. The highest BCUT2D eigenvalue weighted by atomic mass is 16.5. The van der Waals surface area contributed by atoms with Gasteiger partial charge >= 0.3 is 0 Å². The van der Waals surface area contributed by atoms with Crippen LogP contribution in [0.25, 0.3) is 0 Å². The molecule has 106 valence electrons. The lowest BCUT2D eigenvalue weighted by molar-refractivity contribution is -0.0441. The van der Waals surface area contributed by atoms with Crippen LogP contribution in [0.5, 0.6) is 0 Å². The molecule has 0 saturated carbocycles. The molecule has 0 aromatic heterocycles. The first-order chi connectivity index (χ1) is 8.49. The maximum absolute atomic E-state index is 5.91. The number of fused-ring (bicyclic) bond motifs is 2. The monoisotopic (exact) mass is 254 g/mol. The summed E-state index contributed by atoms with van der Waals surface area (Å²) >= 11 is 0. The van der Waals surface area contributed by atoms with E-state index in [1.165, 1.54) is 25.8 Å². The molecule has 3 nitrogen and oxygen atoms in total. The van der Waals surface area contributed by atoms with Crippen LogP contribution in [0.3, 0.4) is 0 Å². The standard InChI is InChI=1S/C15H30N2O/c1-5-8-16-14(15(2,3)4)11-17-9-12-6-7-13(10-17)18-12/h12-14,16H,5-11H2,1-4H3. The third-order valence-corrected chi connectivity index (χ3v) is 4.25. The topological polar surface area (TPSA) is 24.5 Å². The molecule has 1 N–H and O–H groups in total. The van der Waals surface area contributed by atoms with Gasteiger partial charge in [0.1, 0.15) is 0 Å². The summed E-state index contributed by atoms with van der Waals surface area (Å²) in [5.74, 6) is 0. The predicted octanol–water partition coefficient (Wildman–Crippen LogP) is 2.26. The average molecular weight is 254 g/mol. The second-order valence-corrected chi connectivity index (χ2v) is 7.05. The van der Waals surface area contributed by atoms with Crippen molar-refractivity contribution in [2.45, 2.75) is 65.2 Å². The van der Waals surface area contributed by atoms with E-state index in [0.29, 0.717) is 23.7 Å². The zero-order chi connectivity index (χ0) is 13.2. The van der Waals surface area contributed by atoms with Crippen LogP contribution in [0.2, 0.25) is 0 Å². The van der Waals surface area contributed by atoms with Crippen LogP contribution in [0.1, 0.15) is 47.0 Å². The second kappa shape index (κ2) is 5.89. The van der Waals surface area contributed by atoms with Crippen LogP contribution < -0.4 is 5.32 Å². The molecule has 0 amide bonds. The molecule has 0 aromatic carbocycles. The highest BCUT2D eigenvalue weighted by Gasteiger charge is 2.35. The van der Waals surface area contributed by atoms with Crippen molar-refractivity contribution in [2.24, 2.45) is 5.41 Å². The quantitative estimate of drug-likeness (QED) is 0.814. The van der Waals surface area contributed by atoms with Crippen LogP contribution in [0.15, 0.2) is 0 Å². The van der Waals surface area contributed by atoms with Gasteiger partial charge in [0.2, 0.25) is 0 Å². The Bertz CT molecular complexity index is 250. The van der Waals surface area contributed by atoms with E-state index >= 15 is 0 Å². The van der Waals surface area contributed by atoms with E-state index in [4.69, 9.17) is 4.74 Å². The molecule has 2 aliphatic rings. The summed E-state index contributed by atoms with van der Waals surface area (Å²) in [6, 6.07) is 0.579. The third kappa shape index (κ3) is 3.69. The van der Waals surface area contributed by atoms with Crippen LogP contribution in [0.4, 0.5) is 0 Å². The Hall–Kier alpha value is -0.120. The fourth-order valence-corrected chi connectivity index (χ4v) is 3.07. The van der Waals surface area contributed by atoms with Crippen molar-refractivity contribution in [1.82, 2.24) is 10.2 Å². The first kappa shape index (κ1) is 14.3. The minimum Gasteiger partial charge on any atom is -0.372 e. The van der Waals surface area contributed by atoms with Crippen molar-refractivity contribution >= 4 is 0 Å². The van der Waals surface area contributed by atoms with Gasteiger partial charge in [-0.2, -0.15) is 0 Å². The molecule has 2 heterocycles. The number of hydrogen-bond donors (Lipinski definition) is 1. The van der Waals surface area contributed by atoms with E-state index < -0.39 is 0 Å². The molecular formula is C15H30N2O. The van der Waals surface area contributed by atoms with E-state index in [2.05, 4.69) is 37.9 Å². The fraction of sp³-hybridized carbons (Fsp3) is 1.00. The number of morpholine rings is 1. The summed E-state index contributed by atoms with van der Waals surface area (Å²) in [5.41, 5.74) is 0.326. The van der Waals surface area contributed by atoms with Crippen LogP contribution in [0, 0.1) is 5.41 Å². The zero-order valence-corrected chi connectivity index (χ0v) is 12.5. The lowest BCUT2D eigenvalue weighted by atomic mass is 9.86. The number of nitrogens with zero attached hydrogens (tertiary/aromatic N) is 1. The molecule has 18 heavy (non-hydrogen) atoms. The minimum atomic E-state index is 0.326. The maximum atomic E-state index is 5.91. The number of ether oxygens (including phenoxy) is 1. The van der Waals surface area contributed by atoms with E-state index in [0.717, 1.165) is 19.6 Å². The SMILES string of the molecule is CCCNC(CN1CC2CCC(C1)O2)C(C)(C)C. The summed E-state index contributed by atoms with van der Waals surface area (Å²) in [5, 5.41) is 3.72. The van der Waals surface area contributed by atoms with Gasteiger partial charge in [-0.05, 0) is 31.2 Å². The first-order valence-corrected chi connectivity index (χ1v) is 7.60. The second-order valence-electron chi connectivity index (χ2n) is 7.05. The van der Waals surface area contributed by atoms with Gasteiger partial charge in [0.25, 0.3) is 0 Å². The zero-order valence-electron chi connectivity index (χ0n) is 12.5. The van der Waals surface area contributed by atoms with Gasteiger partial charge in [0.05, 0.1) is 12.2 Å². The van der Waals surface area contributed by atoms with Crippen molar-refractivity contribution in [2.75, 3.05) is 26.2 Å². The van der Waals surface area contributed by atoms with Gasteiger partial charge in [-0.3, -0.25) is 4.90 Å². The van der Waals surface area contributed by atoms with Crippen LogP contribution >= 0.6 is 0 Å². The molecule has 2 bridgehead atoms. The van der Waals surface area contributed by atoms with E-state index in [1.54, 1.807) is 0 Å². The highest BCUT2D eigenvalue weighted by Crippen LogP contribution is 2.28. The van der Waals surface area contributed by atoms with Gasteiger partial charge in [-0.1, -0.05) is 27.7 Å². The van der Waals surface area contributed by atoms with Gasteiger partial charge in [0, 0.05) is 25.7 Å². The average Bonchev–Trinajstić information content (AvgIpc) is 2.62. The summed E-state index contributed by atoms with van der Waals surface area (Å²) in [4.78, 5) is 2.62. The molecule has 2 fully saturated rings. The van der Waals surface area contributed by atoms with Crippen molar-refractivity contribution in [3.8, 4) is 0 Å². The molecule has 2 saturated heterocycles. The predicted molar refractivity (Wildman–Crippen MR) is 75.9 cm³/mol. The van der Waals surface area contributed by atoms with Crippen molar-refractivity contribution in [1.29, 1.82) is 0 Å². The lowest BCUT2D eigenvalue weighted by Crippen LogP contribution is -2.53. The Morgan fingerprint density at radius 1 is 1.22 bits per heavy atom. The number of rotatable bonds is 5. The Balaban J connectivity index is 1.88. The third-order valence-electron chi connectivity index (χ3n) is 4.25. The van der Waals surface area contributed by atoms with Crippen LogP contribution in [-0.2, 0) is 4.74 Å². The molecule has 2 aliphatic heterocycles. The van der Waals surface area contributed by atoms with E-state index in [9.17, 15) is 0 Å². The molecule has 3 atom stereocenters. The summed E-state index contributed by atoms with van der Waals surface area (Å²) < 4.78 is 5.91. The van der Waals surface area contributed by atoms with E-state index in [-0.39, 0.29) is 0 Å². The maximum Gasteiger partial charge on any atom is 0.0707 e. The van der Waals surface area contributed by atoms with Crippen molar-refractivity contribution < 1.29 is 4.74 Å². The summed E-state index contributed by atoms with van der Waals surface area (Å²) in [6.07, 6.45) is 4.76. The smallest absolute Gasteiger partial charge is 0.0707 e. The molecule has 0 spiro atoms. The molecule has 0 radical (unpaired) electrons. The van der Waals surface area contributed by atoms with Gasteiger partial charge in [-0.15, -0.1) is 0 Å². The van der Waals surface area contributed by atoms with Crippen molar-refractivity contribution in [3.05, 3.63) is 0 Å². The van der Waals surface area contributed by atoms with Gasteiger partial charge in [-0.25, -0.2) is 0 Å². The molecular weight excluding hydrogens is 224 g/mol. The number of likely N-dealkylation sites (tertiary alicyclic amines) is 1. The Labute approximate surface area is 112 Å². The number of hydrogen-bond acceptors (Lipinski definition) is 3. The highest BCUT2D eigenvalue weighted by molar-refractivity contribution is 4.89. The summed E-state index contributed by atoms with van der Waals surface area (Å²) in [7, 11) is 0. The van der Waals surface area contributed by atoms with Gasteiger partial charge < -0.3 is 10.1 Å².